The normalized spacial score (nSPS) is 10.1. The van der Waals surface area contributed by atoms with E-state index in [1.165, 1.54) is 0 Å². The van der Waals surface area contributed by atoms with E-state index in [1.807, 2.05) is 31.2 Å². The first-order valence-corrected chi connectivity index (χ1v) is 6.30. The molecular formula is C16H16N2O2. The van der Waals surface area contributed by atoms with Gasteiger partial charge in [0.05, 0.1) is 0 Å². The molecule has 0 bridgehead atoms. The van der Waals surface area contributed by atoms with Gasteiger partial charge in [0.1, 0.15) is 0 Å². The Morgan fingerprint density at radius 3 is 2.20 bits per heavy atom. The van der Waals surface area contributed by atoms with Gasteiger partial charge in [-0.25, -0.2) is 0 Å². The van der Waals surface area contributed by atoms with Gasteiger partial charge in [0, 0.05) is 17.7 Å². The van der Waals surface area contributed by atoms with Gasteiger partial charge in [0.25, 0.3) is 5.91 Å². The first-order valence-electron chi connectivity index (χ1n) is 6.30. The van der Waals surface area contributed by atoms with Crippen LogP contribution in [-0.2, 0) is 6.54 Å². The van der Waals surface area contributed by atoms with Crippen molar-refractivity contribution in [2.24, 2.45) is 5.73 Å². The summed E-state index contributed by atoms with van der Waals surface area (Å²) in [6, 6.07) is 14.2. The third kappa shape index (κ3) is 3.23. The molecule has 0 unspecified atom stereocenters. The fourth-order valence-corrected chi connectivity index (χ4v) is 1.87. The van der Waals surface area contributed by atoms with Crippen molar-refractivity contribution < 1.29 is 9.59 Å². The monoisotopic (exact) mass is 268 g/mol. The van der Waals surface area contributed by atoms with Crippen LogP contribution in [0.2, 0.25) is 0 Å². The molecule has 20 heavy (non-hydrogen) atoms. The molecule has 0 saturated heterocycles. The molecular weight excluding hydrogens is 252 g/mol. The number of carbonyl (C=O) groups excluding carboxylic acids is 2. The maximum absolute atomic E-state index is 12.0. The molecule has 2 amide bonds. The number of benzene rings is 2. The highest BCUT2D eigenvalue weighted by Crippen LogP contribution is 2.08. The third-order valence-electron chi connectivity index (χ3n) is 3.13. The van der Waals surface area contributed by atoms with Crippen molar-refractivity contribution in [1.82, 2.24) is 5.32 Å². The van der Waals surface area contributed by atoms with Crippen LogP contribution in [0.4, 0.5) is 0 Å². The van der Waals surface area contributed by atoms with Gasteiger partial charge in [-0.15, -0.1) is 0 Å². The SMILES string of the molecule is Cc1ccccc1CNC(=O)c1ccc(C(N)=O)cc1. The molecule has 4 heteroatoms. The van der Waals surface area contributed by atoms with E-state index in [4.69, 9.17) is 5.73 Å². The molecule has 0 aromatic heterocycles. The highest BCUT2D eigenvalue weighted by atomic mass is 16.2. The number of hydrogen-bond acceptors (Lipinski definition) is 2. The van der Waals surface area contributed by atoms with Crippen LogP contribution in [0.15, 0.2) is 48.5 Å². The molecule has 3 N–H and O–H groups in total. The Morgan fingerprint density at radius 1 is 1.00 bits per heavy atom. The Hall–Kier alpha value is -2.62. The summed E-state index contributed by atoms with van der Waals surface area (Å²) in [5, 5.41) is 2.85. The lowest BCUT2D eigenvalue weighted by atomic mass is 10.1. The number of amides is 2. The largest absolute Gasteiger partial charge is 0.366 e. The average Bonchev–Trinajstić information content (AvgIpc) is 2.46. The van der Waals surface area contributed by atoms with Crippen LogP contribution in [0.1, 0.15) is 31.8 Å². The zero-order valence-corrected chi connectivity index (χ0v) is 11.2. The van der Waals surface area contributed by atoms with Crippen molar-refractivity contribution in [1.29, 1.82) is 0 Å². The van der Waals surface area contributed by atoms with E-state index in [-0.39, 0.29) is 5.91 Å². The van der Waals surface area contributed by atoms with Crippen molar-refractivity contribution in [3.8, 4) is 0 Å². The van der Waals surface area contributed by atoms with Crippen LogP contribution in [0.3, 0.4) is 0 Å². The van der Waals surface area contributed by atoms with E-state index in [0.29, 0.717) is 17.7 Å². The van der Waals surface area contributed by atoms with E-state index in [9.17, 15) is 9.59 Å². The Balaban J connectivity index is 2.02. The van der Waals surface area contributed by atoms with E-state index in [1.54, 1.807) is 24.3 Å². The first kappa shape index (κ1) is 13.8. The van der Waals surface area contributed by atoms with Crippen LogP contribution in [-0.4, -0.2) is 11.8 Å². The summed E-state index contributed by atoms with van der Waals surface area (Å²) in [6.07, 6.45) is 0. The number of nitrogens with two attached hydrogens (primary N) is 1. The van der Waals surface area contributed by atoms with Crippen LogP contribution in [0, 0.1) is 6.92 Å². The summed E-state index contributed by atoms with van der Waals surface area (Å²) in [6.45, 7) is 2.48. The second kappa shape index (κ2) is 6.02. The van der Waals surface area contributed by atoms with Gasteiger partial charge >= 0.3 is 0 Å². The minimum Gasteiger partial charge on any atom is -0.366 e. The van der Waals surface area contributed by atoms with Crippen LogP contribution < -0.4 is 11.1 Å². The highest BCUT2D eigenvalue weighted by Gasteiger charge is 2.07. The molecule has 2 rings (SSSR count). The average molecular weight is 268 g/mol. The van der Waals surface area contributed by atoms with E-state index < -0.39 is 5.91 Å². The molecule has 0 aliphatic heterocycles. The number of carbonyl (C=O) groups is 2. The lowest BCUT2D eigenvalue weighted by Crippen LogP contribution is -2.23. The zero-order valence-electron chi connectivity index (χ0n) is 11.2. The predicted molar refractivity (Wildman–Crippen MR) is 77.3 cm³/mol. The van der Waals surface area contributed by atoms with E-state index in [2.05, 4.69) is 5.32 Å². The summed E-state index contributed by atoms with van der Waals surface area (Å²) < 4.78 is 0. The molecule has 0 radical (unpaired) electrons. The molecule has 0 atom stereocenters. The molecule has 0 heterocycles. The highest BCUT2D eigenvalue weighted by molar-refractivity contribution is 5.97. The van der Waals surface area contributed by atoms with Gasteiger partial charge < -0.3 is 11.1 Å². The molecule has 0 saturated carbocycles. The predicted octanol–water partition coefficient (Wildman–Crippen LogP) is 2.02. The Morgan fingerprint density at radius 2 is 1.60 bits per heavy atom. The molecule has 102 valence electrons. The standard InChI is InChI=1S/C16H16N2O2/c1-11-4-2-3-5-14(11)10-18-16(20)13-8-6-12(7-9-13)15(17)19/h2-9H,10H2,1H3,(H2,17,19)(H,18,20). The van der Waals surface area contributed by atoms with Gasteiger partial charge in [0.2, 0.25) is 5.91 Å². The third-order valence-corrected chi connectivity index (χ3v) is 3.13. The van der Waals surface area contributed by atoms with Crippen molar-refractivity contribution >= 4 is 11.8 Å². The molecule has 0 spiro atoms. The van der Waals surface area contributed by atoms with Gasteiger partial charge in [-0.1, -0.05) is 24.3 Å². The maximum Gasteiger partial charge on any atom is 0.251 e. The Labute approximate surface area is 117 Å². The summed E-state index contributed by atoms with van der Waals surface area (Å²) in [5.74, 6) is -0.679. The fourth-order valence-electron chi connectivity index (χ4n) is 1.87. The van der Waals surface area contributed by atoms with Crippen molar-refractivity contribution in [3.63, 3.8) is 0 Å². The minimum atomic E-state index is -0.503. The first-order chi connectivity index (χ1) is 9.58. The number of nitrogens with one attached hydrogen (secondary N) is 1. The second-order valence-electron chi connectivity index (χ2n) is 4.55. The fraction of sp³-hybridized carbons (Fsp3) is 0.125. The molecule has 0 fully saturated rings. The maximum atomic E-state index is 12.0. The van der Waals surface area contributed by atoms with E-state index in [0.717, 1.165) is 11.1 Å². The lowest BCUT2D eigenvalue weighted by Gasteiger charge is -2.08. The summed E-state index contributed by atoms with van der Waals surface area (Å²) in [7, 11) is 0. The zero-order chi connectivity index (χ0) is 14.5. The summed E-state index contributed by atoms with van der Waals surface area (Å²) in [4.78, 5) is 22.9. The van der Waals surface area contributed by atoms with Crippen molar-refractivity contribution in [2.45, 2.75) is 13.5 Å². The molecule has 2 aromatic rings. The van der Waals surface area contributed by atoms with Crippen LogP contribution >= 0.6 is 0 Å². The van der Waals surface area contributed by atoms with Gasteiger partial charge in [0.15, 0.2) is 0 Å². The molecule has 0 aliphatic rings. The quantitative estimate of drug-likeness (QED) is 0.890. The number of primary amides is 1. The van der Waals surface area contributed by atoms with Crippen molar-refractivity contribution in [2.75, 3.05) is 0 Å². The van der Waals surface area contributed by atoms with Gasteiger partial charge in [-0.3, -0.25) is 9.59 Å². The molecule has 4 nitrogen and oxygen atoms in total. The smallest absolute Gasteiger partial charge is 0.251 e. The topological polar surface area (TPSA) is 72.2 Å². The Bertz CT molecular complexity index is 633. The summed E-state index contributed by atoms with van der Waals surface area (Å²) in [5.41, 5.74) is 8.26. The van der Waals surface area contributed by atoms with Gasteiger partial charge in [-0.2, -0.15) is 0 Å². The van der Waals surface area contributed by atoms with Gasteiger partial charge in [-0.05, 0) is 42.3 Å². The van der Waals surface area contributed by atoms with Crippen molar-refractivity contribution in [3.05, 3.63) is 70.8 Å². The minimum absolute atomic E-state index is 0.177. The number of hydrogen-bond donors (Lipinski definition) is 2. The van der Waals surface area contributed by atoms with E-state index >= 15 is 0 Å². The molecule has 2 aromatic carbocycles. The number of aryl methyl sites for hydroxylation is 1. The van der Waals surface area contributed by atoms with Crippen LogP contribution in [0.5, 0.6) is 0 Å². The summed E-state index contributed by atoms with van der Waals surface area (Å²) >= 11 is 0. The Kier molecular flexibility index (Phi) is 4.15. The number of rotatable bonds is 4. The van der Waals surface area contributed by atoms with Crippen LogP contribution in [0.25, 0.3) is 0 Å². The second-order valence-corrected chi connectivity index (χ2v) is 4.55. The molecule has 0 aliphatic carbocycles. The lowest BCUT2D eigenvalue weighted by molar-refractivity contribution is 0.0948.